The van der Waals surface area contributed by atoms with Crippen LogP contribution in [-0.4, -0.2) is 63.0 Å². The van der Waals surface area contributed by atoms with Crippen molar-refractivity contribution >= 4 is 0 Å². The summed E-state index contributed by atoms with van der Waals surface area (Å²) >= 11 is 0. The summed E-state index contributed by atoms with van der Waals surface area (Å²) in [4.78, 5) is 2.46. The van der Waals surface area contributed by atoms with Gasteiger partial charge in [0.15, 0.2) is 0 Å². The molecule has 0 spiro atoms. The molecular weight excluding hydrogens is 204 g/mol. The summed E-state index contributed by atoms with van der Waals surface area (Å²) in [5.74, 6) is 0. The summed E-state index contributed by atoms with van der Waals surface area (Å²) in [6.45, 7) is 13.1. The molecule has 1 fully saturated rings. The molecular formula is C12H26N2O2. The van der Waals surface area contributed by atoms with Crippen molar-refractivity contribution in [2.45, 2.75) is 33.0 Å². The summed E-state index contributed by atoms with van der Waals surface area (Å²) in [7, 11) is 0. The van der Waals surface area contributed by atoms with Crippen LogP contribution < -0.4 is 5.32 Å². The normalized spacial score (nSPS) is 27.2. The maximum Gasteiger partial charge on any atom is 0.0678 e. The molecule has 1 rings (SSSR count). The van der Waals surface area contributed by atoms with Crippen molar-refractivity contribution in [1.29, 1.82) is 0 Å². The molecule has 0 saturated carbocycles. The van der Waals surface area contributed by atoms with Gasteiger partial charge in [-0.2, -0.15) is 0 Å². The minimum absolute atomic E-state index is 0.368. The highest BCUT2D eigenvalue weighted by molar-refractivity contribution is 4.73. The first-order valence-corrected chi connectivity index (χ1v) is 6.38. The van der Waals surface area contributed by atoms with Crippen molar-refractivity contribution in [1.82, 2.24) is 10.2 Å². The van der Waals surface area contributed by atoms with Crippen LogP contribution in [0.2, 0.25) is 0 Å². The monoisotopic (exact) mass is 230 g/mol. The molecule has 0 aliphatic carbocycles. The Hall–Kier alpha value is -0.160. The van der Waals surface area contributed by atoms with Gasteiger partial charge in [0.25, 0.3) is 0 Å². The lowest BCUT2D eigenvalue weighted by Crippen LogP contribution is -2.47. The van der Waals surface area contributed by atoms with E-state index in [1.165, 1.54) is 0 Å². The molecule has 16 heavy (non-hydrogen) atoms. The zero-order valence-corrected chi connectivity index (χ0v) is 10.9. The smallest absolute Gasteiger partial charge is 0.0678 e. The fourth-order valence-electron chi connectivity index (χ4n) is 2.12. The predicted octanol–water partition coefficient (Wildman–Crippen LogP) is 0.722. The maximum atomic E-state index is 5.69. The molecule has 4 heteroatoms. The molecule has 1 saturated heterocycles. The molecule has 1 aliphatic heterocycles. The molecule has 1 N–H and O–H groups in total. The molecule has 0 bridgehead atoms. The molecule has 1 aliphatic rings. The molecule has 4 nitrogen and oxygen atoms in total. The molecule has 1 heterocycles. The maximum absolute atomic E-state index is 5.69. The second kappa shape index (κ2) is 8.01. The lowest BCUT2D eigenvalue weighted by atomic mass is 10.2. The third-order valence-corrected chi connectivity index (χ3v) is 2.73. The van der Waals surface area contributed by atoms with Crippen LogP contribution in [-0.2, 0) is 9.47 Å². The van der Waals surface area contributed by atoms with E-state index in [1.54, 1.807) is 0 Å². The highest BCUT2D eigenvalue weighted by atomic mass is 16.5. The van der Waals surface area contributed by atoms with E-state index in [0.717, 1.165) is 45.9 Å². The van der Waals surface area contributed by atoms with Crippen molar-refractivity contribution in [3.63, 3.8) is 0 Å². The highest BCUT2D eigenvalue weighted by Gasteiger charge is 2.21. The fraction of sp³-hybridized carbons (Fsp3) is 1.00. The molecule has 0 aromatic heterocycles. The van der Waals surface area contributed by atoms with Gasteiger partial charge in [-0.15, -0.1) is 0 Å². The zero-order valence-electron chi connectivity index (χ0n) is 10.9. The van der Waals surface area contributed by atoms with Crippen LogP contribution in [0, 0.1) is 0 Å². The second-order valence-electron chi connectivity index (χ2n) is 4.46. The van der Waals surface area contributed by atoms with Gasteiger partial charge in [0.1, 0.15) is 0 Å². The first kappa shape index (κ1) is 13.9. The quantitative estimate of drug-likeness (QED) is 0.654. The van der Waals surface area contributed by atoms with E-state index >= 15 is 0 Å². The number of rotatable bonds is 7. The second-order valence-corrected chi connectivity index (χ2v) is 4.46. The first-order chi connectivity index (χ1) is 7.72. The average Bonchev–Trinajstić information content (AvgIpc) is 2.22. The van der Waals surface area contributed by atoms with E-state index in [4.69, 9.17) is 9.47 Å². The molecule has 0 radical (unpaired) electrons. The van der Waals surface area contributed by atoms with Crippen LogP contribution in [0.25, 0.3) is 0 Å². The van der Waals surface area contributed by atoms with Gasteiger partial charge < -0.3 is 14.8 Å². The third-order valence-electron chi connectivity index (χ3n) is 2.73. The Morgan fingerprint density at radius 3 is 2.56 bits per heavy atom. The molecule has 0 amide bonds. The Morgan fingerprint density at radius 1 is 1.25 bits per heavy atom. The number of nitrogens with zero attached hydrogens (tertiary/aromatic N) is 1. The van der Waals surface area contributed by atoms with Crippen LogP contribution in [0.5, 0.6) is 0 Å². The molecule has 0 aromatic rings. The molecule has 2 atom stereocenters. The SMILES string of the molecule is CCOCCNCCN1C[C@@H](C)O[C@@H](C)C1. The molecule has 0 aromatic carbocycles. The largest absolute Gasteiger partial charge is 0.380 e. The van der Waals surface area contributed by atoms with Crippen molar-refractivity contribution in [3.05, 3.63) is 0 Å². The third kappa shape index (κ3) is 5.80. The van der Waals surface area contributed by atoms with E-state index in [2.05, 4.69) is 24.1 Å². The Bertz CT molecular complexity index is 168. The van der Waals surface area contributed by atoms with Crippen LogP contribution in [0.1, 0.15) is 20.8 Å². The van der Waals surface area contributed by atoms with E-state index < -0.39 is 0 Å². The van der Waals surface area contributed by atoms with Crippen molar-refractivity contribution in [2.75, 3.05) is 45.9 Å². The van der Waals surface area contributed by atoms with Gasteiger partial charge >= 0.3 is 0 Å². The van der Waals surface area contributed by atoms with Gasteiger partial charge in [-0.1, -0.05) is 0 Å². The van der Waals surface area contributed by atoms with Gasteiger partial charge in [0.05, 0.1) is 18.8 Å². The van der Waals surface area contributed by atoms with Gasteiger partial charge in [-0.3, -0.25) is 4.90 Å². The van der Waals surface area contributed by atoms with Gasteiger partial charge in [-0.25, -0.2) is 0 Å². The summed E-state index contributed by atoms with van der Waals surface area (Å²) in [5.41, 5.74) is 0. The Morgan fingerprint density at radius 2 is 1.94 bits per heavy atom. The minimum atomic E-state index is 0.368. The highest BCUT2D eigenvalue weighted by Crippen LogP contribution is 2.09. The number of morpholine rings is 1. The van der Waals surface area contributed by atoms with Crippen molar-refractivity contribution in [2.24, 2.45) is 0 Å². The standard InChI is InChI=1S/C12H26N2O2/c1-4-15-8-6-13-5-7-14-9-11(2)16-12(3)10-14/h11-13H,4-10H2,1-3H3/t11-,12+. The number of ether oxygens (including phenoxy) is 2. The predicted molar refractivity (Wildman–Crippen MR) is 65.8 cm³/mol. The summed E-state index contributed by atoms with van der Waals surface area (Å²) < 4.78 is 11.0. The molecule has 0 unspecified atom stereocenters. The minimum Gasteiger partial charge on any atom is -0.380 e. The summed E-state index contributed by atoms with van der Waals surface area (Å²) in [6, 6.07) is 0. The van der Waals surface area contributed by atoms with Crippen molar-refractivity contribution in [3.8, 4) is 0 Å². The van der Waals surface area contributed by atoms with E-state index in [-0.39, 0.29) is 0 Å². The van der Waals surface area contributed by atoms with E-state index in [9.17, 15) is 0 Å². The van der Waals surface area contributed by atoms with Crippen LogP contribution in [0.3, 0.4) is 0 Å². The van der Waals surface area contributed by atoms with Gasteiger partial charge in [-0.05, 0) is 20.8 Å². The lowest BCUT2D eigenvalue weighted by Gasteiger charge is -2.35. The van der Waals surface area contributed by atoms with E-state index in [0.29, 0.717) is 12.2 Å². The molecule has 96 valence electrons. The Balaban J connectivity index is 1.99. The van der Waals surface area contributed by atoms with Crippen LogP contribution in [0.15, 0.2) is 0 Å². The van der Waals surface area contributed by atoms with Gasteiger partial charge in [0, 0.05) is 39.3 Å². The lowest BCUT2D eigenvalue weighted by molar-refractivity contribution is -0.0674. The van der Waals surface area contributed by atoms with Crippen LogP contribution in [0.4, 0.5) is 0 Å². The topological polar surface area (TPSA) is 33.7 Å². The van der Waals surface area contributed by atoms with Crippen molar-refractivity contribution < 1.29 is 9.47 Å². The number of hydrogen-bond donors (Lipinski definition) is 1. The number of nitrogens with one attached hydrogen (secondary N) is 1. The van der Waals surface area contributed by atoms with E-state index in [1.807, 2.05) is 6.92 Å². The first-order valence-electron chi connectivity index (χ1n) is 6.38. The fourth-order valence-corrected chi connectivity index (χ4v) is 2.12. The zero-order chi connectivity index (χ0) is 11.8. The Labute approximate surface area is 99.3 Å². The summed E-state index contributed by atoms with van der Waals surface area (Å²) in [6.07, 6.45) is 0.736. The summed E-state index contributed by atoms with van der Waals surface area (Å²) in [5, 5.41) is 3.39. The van der Waals surface area contributed by atoms with Crippen LogP contribution >= 0.6 is 0 Å². The average molecular weight is 230 g/mol. The number of hydrogen-bond acceptors (Lipinski definition) is 4. The van der Waals surface area contributed by atoms with Gasteiger partial charge in [0.2, 0.25) is 0 Å². The Kier molecular flexibility index (Phi) is 6.96.